The van der Waals surface area contributed by atoms with Crippen LogP contribution in [-0.2, 0) is 19.7 Å². The summed E-state index contributed by atoms with van der Waals surface area (Å²) in [4.78, 5) is 46.7. The van der Waals surface area contributed by atoms with Crippen LogP contribution >= 0.6 is 11.8 Å². The summed E-state index contributed by atoms with van der Waals surface area (Å²) in [5, 5.41) is 10.0. The minimum Gasteiger partial charge on any atom is -0.507 e. The average molecular weight is 1300 g/mol. The molecule has 0 atom stereocenters. The summed E-state index contributed by atoms with van der Waals surface area (Å²) < 4.78 is 122. The smallest absolute Gasteiger partial charge is 0.501 e. The number of benzene rings is 9. The first-order valence-electron chi connectivity index (χ1n) is 27.8. The number of ketones is 2. The molecule has 0 saturated heterocycles. The molecule has 0 aliphatic carbocycles. The van der Waals surface area contributed by atoms with E-state index in [-0.39, 0.29) is 17.3 Å². The molecule has 22 heteroatoms. The molecule has 0 fully saturated rings. The normalized spacial score (nSPS) is 12.2. The SMILES string of the molecule is CC(=O)c1ccccc1-c1ccc2nc(/C=C/c3ccc(S(=O)(=O)C(F)(F)F)cc3)[nH]c2c1.CSc1ccc(/C=C/c2nc3ccc(-c4ccccc4C(C)=O)cc3[nH]2)cc1.O=S(=O)(c1ccc(/C=C/c2nc3ccc(-c4ccccc4O)cc3[nH]2)cc1)C(F)(F)F. The fourth-order valence-electron chi connectivity index (χ4n) is 9.65. The van der Waals surface area contributed by atoms with Crippen LogP contribution in [0.4, 0.5) is 26.3 Å². The van der Waals surface area contributed by atoms with E-state index in [0.29, 0.717) is 44.9 Å². The fraction of sp³-hybridized carbons (Fsp3) is 0.0714. The van der Waals surface area contributed by atoms with Gasteiger partial charge in [-0.3, -0.25) is 9.59 Å². The van der Waals surface area contributed by atoms with Crippen molar-refractivity contribution in [3.8, 4) is 39.1 Å². The third-order valence-corrected chi connectivity index (χ3v) is 18.1. The number of aromatic amines is 3. The van der Waals surface area contributed by atoms with Gasteiger partial charge in [-0.1, -0.05) is 140 Å². The summed E-state index contributed by atoms with van der Waals surface area (Å²) in [6.07, 6.45) is 12.6. The zero-order chi connectivity index (χ0) is 65.5. The predicted molar refractivity (Wildman–Crippen MR) is 351 cm³/mol. The summed E-state index contributed by atoms with van der Waals surface area (Å²) in [7, 11) is -10.7. The lowest BCUT2D eigenvalue weighted by Crippen LogP contribution is -2.23. The molecular weight excluding hydrogens is 1250 g/mol. The van der Waals surface area contributed by atoms with Gasteiger partial charge in [0, 0.05) is 21.6 Å². The highest BCUT2D eigenvalue weighted by Crippen LogP contribution is 2.35. The summed E-state index contributed by atoms with van der Waals surface area (Å²) in [5.41, 5.74) is 2.67. The maximum atomic E-state index is 12.7. The Labute approximate surface area is 527 Å². The van der Waals surface area contributed by atoms with Crippen LogP contribution in [0.3, 0.4) is 0 Å². The predicted octanol–water partition coefficient (Wildman–Crippen LogP) is 17.6. The number of imidazole rings is 3. The Morgan fingerprint density at radius 3 is 1.07 bits per heavy atom. The number of carbonyl (C=O) groups excluding carboxylic acids is 2. The number of phenols is 1. The number of Topliss-reactive ketones (excluding diaryl/α,β-unsaturated/α-hetero) is 2. The molecular formula is C70H52F6N6O7S3. The number of rotatable bonds is 14. The minimum atomic E-state index is -5.38. The van der Waals surface area contributed by atoms with Crippen molar-refractivity contribution < 1.29 is 57.9 Å². The van der Waals surface area contributed by atoms with Gasteiger partial charge in [-0.05, 0) is 162 Å². The lowest BCUT2D eigenvalue weighted by molar-refractivity contribution is -0.0442. The molecule has 13 nitrogen and oxygen atoms in total. The van der Waals surface area contributed by atoms with Crippen molar-refractivity contribution in [2.45, 2.75) is 39.6 Å². The third-order valence-electron chi connectivity index (χ3n) is 14.4. The van der Waals surface area contributed by atoms with Crippen molar-refractivity contribution in [2.24, 2.45) is 0 Å². The van der Waals surface area contributed by atoms with Gasteiger partial charge in [0.15, 0.2) is 11.6 Å². The van der Waals surface area contributed by atoms with Crippen molar-refractivity contribution in [2.75, 3.05) is 6.26 Å². The van der Waals surface area contributed by atoms with E-state index in [0.717, 1.165) is 91.1 Å². The second-order valence-corrected chi connectivity index (χ2v) is 25.4. The van der Waals surface area contributed by atoms with E-state index >= 15 is 0 Å². The van der Waals surface area contributed by atoms with Gasteiger partial charge in [0.2, 0.25) is 0 Å². The summed E-state index contributed by atoms with van der Waals surface area (Å²) in [6.45, 7) is 3.11. The molecule has 0 aliphatic rings. The van der Waals surface area contributed by atoms with E-state index in [1.54, 1.807) is 67.3 Å². The van der Waals surface area contributed by atoms with Crippen LogP contribution in [0.25, 0.3) is 103 Å². The topological polar surface area (TPSA) is 209 Å². The number of hydrogen-bond acceptors (Lipinski definition) is 11. The van der Waals surface area contributed by atoms with Crippen LogP contribution in [0.1, 0.15) is 68.7 Å². The Bertz CT molecular complexity index is 5060. The number of para-hydroxylation sites is 1. The number of carbonyl (C=O) groups is 2. The van der Waals surface area contributed by atoms with Crippen LogP contribution in [0.2, 0.25) is 0 Å². The van der Waals surface area contributed by atoms with Crippen LogP contribution in [0, 0.1) is 0 Å². The highest BCUT2D eigenvalue weighted by atomic mass is 32.2. The number of sulfone groups is 2. The van der Waals surface area contributed by atoms with Gasteiger partial charge < -0.3 is 20.1 Å². The molecule has 12 aromatic rings. The van der Waals surface area contributed by atoms with E-state index in [4.69, 9.17) is 0 Å². The molecule has 12 rings (SSSR count). The maximum absolute atomic E-state index is 12.7. The van der Waals surface area contributed by atoms with Gasteiger partial charge in [0.1, 0.15) is 23.2 Å². The molecule has 92 heavy (non-hydrogen) atoms. The quantitative estimate of drug-likeness (QED) is 0.0457. The number of phenolic OH excluding ortho intramolecular Hbond substituents is 1. The number of nitrogens with one attached hydrogen (secondary N) is 3. The molecule has 3 aromatic heterocycles. The van der Waals surface area contributed by atoms with Crippen LogP contribution < -0.4 is 0 Å². The second kappa shape index (κ2) is 27.0. The van der Waals surface area contributed by atoms with E-state index in [9.17, 15) is 57.9 Å². The molecule has 0 aliphatic heterocycles. The van der Waals surface area contributed by atoms with E-state index < -0.39 is 40.5 Å². The molecule has 9 aromatic carbocycles. The van der Waals surface area contributed by atoms with E-state index in [1.165, 1.54) is 36.1 Å². The lowest BCUT2D eigenvalue weighted by Gasteiger charge is -2.07. The molecule has 3 heterocycles. The fourth-order valence-corrected chi connectivity index (χ4v) is 11.6. The van der Waals surface area contributed by atoms with Gasteiger partial charge in [0.05, 0.1) is 42.9 Å². The van der Waals surface area contributed by atoms with Crippen LogP contribution in [0.5, 0.6) is 5.75 Å². The molecule has 0 spiro atoms. The largest absolute Gasteiger partial charge is 0.507 e. The van der Waals surface area contributed by atoms with Gasteiger partial charge in [-0.25, -0.2) is 31.8 Å². The van der Waals surface area contributed by atoms with Gasteiger partial charge >= 0.3 is 11.0 Å². The Balaban J connectivity index is 0.000000152. The van der Waals surface area contributed by atoms with Crippen molar-refractivity contribution in [3.05, 3.63) is 245 Å². The van der Waals surface area contributed by atoms with Crippen LogP contribution in [-0.4, -0.2) is 80.7 Å². The van der Waals surface area contributed by atoms with Crippen molar-refractivity contribution in [1.82, 2.24) is 29.9 Å². The zero-order valence-electron chi connectivity index (χ0n) is 48.7. The monoisotopic (exact) mass is 1300 g/mol. The number of thioether (sulfide) groups is 1. The molecule has 0 bridgehead atoms. The Morgan fingerprint density at radius 2 is 0.739 bits per heavy atom. The Kier molecular flexibility index (Phi) is 18.9. The van der Waals surface area contributed by atoms with E-state index in [2.05, 4.69) is 66.5 Å². The van der Waals surface area contributed by atoms with Gasteiger partial charge in [-0.15, -0.1) is 11.8 Å². The number of aromatic nitrogens is 6. The standard InChI is InChI=1S/C24H17F3N2O3S.C24H20N2OS.C22H15F3N2O3S/c1-15(30)19-4-2-3-5-20(19)17-9-12-21-22(14-17)29-23(28-21)13-8-16-6-10-18(11-7-16)33(31,32)24(25,26)27;1-16(27)20-5-3-4-6-21(20)18-10-13-22-23(15-18)26-24(25-22)14-9-17-7-11-19(28-2)12-8-17;23-22(24,25)31(29,30)16-9-5-14(6-10-16)7-12-21-26-18-11-8-15(13-19(18)27-21)17-3-1-2-4-20(17)28/h2-14H,1H3,(H,28,29);3-15H,1-2H3,(H,25,26);1-13,28H,(H,26,27)/b13-8+;14-9+;12-7+. The van der Waals surface area contributed by atoms with Crippen LogP contribution in [0.15, 0.2) is 215 Å². The van der Waals surface area contributed by atoms with E-state index in [1.807, 2.05) is 109 Å². The summed E-state index contributed by atoms with van der Waals surface area (Å²) >= 11 is 1.73. The molecule has 4 N–H and O–H groups in total. The number of H-pyrrole nitrogens is 3. The van der Waals surface area contributed by atoms with Gasteiger partial charge in [-0.2, -0.15) is 26.3 Å². The Hall–Kier alpha value is -10.4. The van der Waals surface area contributed by atoms with Crippen molar-refractivity contribution in [3.63, 3.8) is 0 Å². The zero-order valence-corrected chi connectivity index (χ0v) is 51.2. The third kappa shape index (κ3) is 14.7. The van der Waals surface area contributed by atoms with Crippen molar-refractivity contribution >= 4 is 113 Å². The minimum absolute atomic E-state index is 0.0343. The molecule has 0 unspecified atom stereocenters. The number of fused-ring (bicyclic) bond motifs is 3. The first kappa shape index (κ1) is 64.6. The lowest BCUT2D eigenvalue weighted by atomic mass is 9.97. The molecule has 0 radical (unpaired) electrons. The number of halogens is 6. The number of aromatic hydroxyl groups is 1. The number of hydrogen-bond donors (Lipinski definition) is 4. The maximum Gasteiger partial charge on any atom is 0.501 e. The first-order valence-corrected chi connectivity index (χ1v) is 32.0. The van der Waals surface area contributed by atoms with Gasteiger partial charge in [0.25, 0.3) is 19.7 Å². The number of nitrogens with zero attached hydrogens (tertiary/aromatic N) is 3. The summed E-state index contributed by atoms with van der Waals surface area (Å²) in [5.74, 6) is 2.02. The highest BCUT2D eigenvalue weighted by Gasteiger charge is 2.47. The average Bonchev–Trinajstić information content (AvgIpc) is 2.20. The molecule has 0 amide bonds. The highest BCUT2D eigenvalue weighted by molar-refractivity contribution is 7.98. The second-order valence-electron chi connectivity index (χ2n) is 20.6. The first-order chi connectivity index (χ1) is 43.8. The summed E-state index contributed by atoms with van der Waals surface area (Å²) in [6, 6.07) is 56.3. The number of alkyl halides is 6. The van der Waals surface area contributed by atoms with Crippen molar-refractivity contribution in [1.29, 1.82) is 0 Å². The molecule has 0 saturated carbocycles. The molecule has 464 valence electrons. The Morgan fingerprint density at radius 1 is 0.424 bits per heavy atom.